The fraction of sp³-hybridized carbons (Fsp3) is 0.812. The highest BCUT2D eigenvalue weighted by Crippen LogP contribution is 2.59. The summed E-state index contributed by atoms with van der Waals surface area (Å²) in [5.41, 5.74) is 1.70. The molecule has 102 valence electrons. The van der Waals surface area contributed by atoms with Crippen molar-refractivity contribution in [2.45, 2.75) is 66.7 Å². The van der Waals surface area contributed by atoms with Crippen molar-refractivity contribution in [3.05, 3.63) is 11.3 Å². The predicted octanol–water partition coefficient (Wildman–Crippen LogP) is 4.45. The average molecular weight is 250 g/mol. The van der Waals surface area contributed by atoms with Crippen LogP contribution in [0.1, 0.15) is 66.7 Å². The van der Waals surface area contributed by atoms with E-state index in [4.69, 9.17) is 4.74 Å². The summed E-state index contributed by atoms with van der Waals surface area (Å²) in [7, 11) is 0. The molecule has 0 saturated heterocycles. The standard InChI is InChI=1S/C16H26O2/c1-11-7-8-13-15(3,4)9-6-10-16(13,5)14(11)18-12(2)17/h13H,6-10H2,1-5H3. The minimum absolute atomic E-state index is 0.0652. The number of fused-ring (bicyclic) bond motifs is 1. The van der Waals surface area contributed by atoms with Crippen LogP contribution in [0, 0.1) is 16.7 Å². The summed E-state index contributed by atoms with van der Waals surface area (Å²) < 4.78 is 5.61. The molecule has 0 spiro atoms. The van der Waals surface area contributed by atoms with Gasteiger partial charge in [0, 0.05) is 12.3 Å². The second-order valence-electron chi connectivity index (χ2n) is 7.05. The van der Waals surface area contributed by atoms with Gasteiger partial charge in [0.1, 0.15) is 5.76 Å². The summed E-state index contributed by atoms with van der Waals surface area (Å²) >= 11 is 0. The molecule has 0 aromatic rings. The lowest BCUT2D eigenvalue weighted by atomic mass is 9.52. The smallest absolute Gasteiger partial charge is 0.307 e. The monoisotopic (exact) mass is 250 g/mol. The molecule has 0 amide bonds. The molecule has 2 heteroatoms. The normalized spacial score (nSPS) is 35.1. The molecule has 2 aliphatic carbocycles. The third kappa shape index (κ3) is 2.10. The van der Waals surface area contributed by atoms with E-state index in [1.165, 1.54) is 31.8 Å². The Morgan fingerprint density at radius 3 is 2.56 bits per heavy atom. The van der Waals surface area contributed by atoms with Gasteiger partial charge in [-0.1, -0.05) is 27.2 Å². The van der Waals surface area contributed by atoms with Gasteiger partial charge in [0.25, 0.3) is 0 Å². The van der Waals surface area contributed by atoms with E-state index in [0.717, 1.165) is 18.6 Å². The van der Waals surface area contributed by atoms with E-state index in [1.54, 1.807) is 0 Å². The Kier molecular flexibility index (Phi) is 3.33. The summed E-state index contributed by atoms with van der Waals surface area (Å²) in [5, 5.41) is 0. The second kappa shape index (κ2) is 4.40. The quantitative estimate of drug-likeness (QED) is 0.643. The van der Waals surface area contributed by atoms with Gasteiger partial charge < -0.3 is 4.74 Å². The van der Waals surface area contributed by atoms with Gasteiger partial charge in [0.05, 0.1) is 0 Å². The van der Waals surface area contributed by atoms with Gasteiger partial charge >= 0.3 is 5.97 Å². The number of carbonyl (C=O) groups excluding carboxylic acids is 1. The first-order chi connectivity index (χ1) is 8.27. The Balaban J connectivity index is 2.41. The maximum Gasteiger partial charge on any atom is 0.307 e. The molecule has 0 aliphatic heterocycles. The lowest BCUT2D eigenvalue weighted by Gasteiger charge is -2.53. The van der Waals surface area contributed by atoms with Crippen LogP contribution in [0.2, 0.25) is 0 Å². The Bertz CT molecular complexity index is 392. The van der Waals surface area contributed by atoms with Crippen molar-refractivity contribution in [1.82, 2.24) is 0 Å². The first-order valence-corrected chi connectivity index (χ1v) is 7.16. The Morgan fingerprint density at radius 2 is 1.94 bits per heavy atom. The molecule has 0 aromatic carbocycles. The molecule has 1 fully saturated rings. The van der Waals surface area contributed by atoms with Crippen molar-refractivity contribution in [2.75, 3.05) is 0 Å². The van der Waals surface area contributed by atoms with E-state index in [0.29, 0.717) is 11.3 Å². The van der Waals surface area contributed by atoms with Crippen LogP contribution in [-0.4, -0.2) is 5.97 Å². The molecule has 2 unspecified atom stereocenters. The summed E-state index contributed by atoms with van der Waals surface area (Å²) in [5.74, 6) is 1.45. The molecular weight excluding hydrogens is 224 g/mol. The van der Waals surface area contributed by atoms with Crippen LogP contribution in [0.3, 0.4) is 0 Å². The Hall–Kier alpha value is -0.790. The van der Waals surface area contributed by atoms with Gasteiger partial charge in [-0.25, -0.2) is 0 Å². The van der Waals surface area contributed by atoms with Crippen molar-refractivity contribution in [3.8, 4) is 0 Å². The zero-order valence-corrected chi connectivity index (χ0v) is 12.4. The minimum Gasteiger partial charge on any atom is -0.431 e. The van der Waals surface area contributed by atoms with Gasteiger partial charge in [-0.05, 0) is 49.5 Å². The van der Waals surface area contributed by atoms with Crippen LogP contribution >= 0.6 is 0 Å². The Labute approximate surface area is 111 Å². The van der Waals surface area contributed by atoms with E-state index < -0.39 is 0 Å². The lowest BCUT2D eigenvalue weighted by molar-refractivity contribution is -0.142. The fourth-order valence-electron chi connectivity index (χ4n) is 4.41. The van der Waals surface area contributed by atoms with Gasteiger partial charge in [0.15, 0.2) is 0 Å². The number of allylic oxidation sites excluding steroid dienone is 2. The van der Waals surface area contributed by atoms with Gasteiger partial charge in [-0.3, -0.25) is 4.79 Å². The molecule has 0 aromatic heterocycles. The third-order valence-electron chi connectivity index (χ3n) is 5.19. The number of carbonyl (C=O) groups is 1. The second-order valence-corrected chi connectivity index (χ2v) is 7.05. The summed E-state index contributed by atoms with van der Waals surface area (Å²) in [6, 6.07) is 0. The number of hydrogen-bond donors (Lipinski definition) is 0. The molecule has 0 N–H and O–H groups in total. The number of rotatable bonds is 1. The average Bonchev–Trinajstić information content (AvgIpc) is 2.22. The van der Waals surface area contributed by atoms with Crippen LogP contribution in [-0.2, 0) is 9.53 Å². The van der Waals surface area contributed by atoms with E-state index in [2.05, 4.69) is 27.7 Å². The highest BCUT2D eigenvalue weighted by atomic mass is 16.5. The predicted molar refractivity (Wildman–Crippen MR) is 72.9 cm³/mol. The number of hydrogen-bond acceptors (Lipinski definition) is 2. The highest BCUT2D eigenvalue weighted by Gasteiger charge is 2.51. The topological polar surface area (TPSA) is 26.3 Å². The lowest BCUT2D eigenvalue weighted by Crippen LogP contribution is -2.46. The Morgan fingerprint density at radius 1 is 1.28 bits per heavy atom. The zero-order valence-electron chi connectivity index (χ0n) is 12.4. The molecule has 2 aliphatic rings. The third-order valence-corrected chi connectivity index (χ3v) is 5.19. The zero-order chi connectivity index (χ0) is 13.6. The molecule has 2 atom stereocenters. The minimum atomic E-state index is -0.172. The van der Waals surface area contributed by atoms with Crippen LogP contribution < -0.4 is 0 Å². The van der Waals surface area contributed by atoms with Crippen LogP contribution in [0.5, 0.6) is 0 Å². The number of ether oxygens (including phenoxy) is 1. The largest absolute Gasteiger partial charge is 0.431 e. The van der Waals surface area contributed by atoms with Crippen molar-refractivity contribution in [2.24, 2.45) is 16.7 Å². The molecule has 0 heterocycles. The van der Waals surface area contributed by atoms with Crippen LogP contribution in [0.15, 0.2) is 11.3 Å². The molecule has 2 rings (SSSR count). The van der Waals surface area contributed by atoms with Crippen molar-refractivity contribution >= 4 is 5.97 Å². The fourth-order valence-corrected chi connectivity index (χ4v) is 4.41. The van der Waals surface area contributed by atoms with Crippen LogP contribution in [0.4, 0.5) is 0 Å². The van der Waals surface area contributed by atoms with Gasteiger partial charge in [-0.2, -0.15) is 0 Å². The van der Waals surface area contributed by atoms with E-state index in [1.807, 2.05) is 0 Å². The van der Waals surface area contributed by atoms with Gasteiger partial charge in [-0.15, -0.1) is 0 Å². The maximum atomic E-state index is 11.4. The molecular formula is C16H26O2. The van der Waals surface area contributed by atoms with Crippen molar-refractivity contribution in [1.29, 1.82) is 0 Å². The summed E-state index contributed by atoms with van der Waals surface area (Å²) in [6.07, 6.45) is 5.99. The maximum absolute atomic E-state index is 11.4. The van der Waals surface area contributed by atoms with Gasteiger partial charge in [0.2, 0.25) is 0 Å². The van der Waals surface area contributed by atoms with Crippen molar-refractivity contribution in [3.63, 3.8) is 0 Å². The first kappa shape index (κ1) is 13.6. The van der Waals surface area contributed by atoms with E-state index >= 15 is 0 Å². The SMILES string of the molecule is CC(=O)OC1=C(C)CCC2C(C)(C)CCCC12C. The molecule has 0 bridgehead atoms. The first-order valence-electron chi connectivity index (χ1n) is 7.16. The van der Waals surface area contributed by atoms with E-state index in [9.17, 15) is 4.79 Å². The molecule has 1 saturated carbocycles. The van der Waals surface area contributed by atoms with Crippen molar-refractivity contribution < 1.29 is 9.53 Å². The molecule has 18 heavy (non-hydrogen) atoms. The molecule has 2 nitrogen and oxygen atoms in total. The summed E-state index contributed by atoms with van der Waals surface area (Å²) in [4.78, 5) is 11.4. The highest BCUT2D eigenvalue weighted by molar-refractivity contribution is 5.67. The summed E-state index contributed by atoms with van der Waals surface area (Å²) in [6.45, 7) is 10.7. The molecule has 0 radical (unpaired) electrons. The van der Waals surface area contributed by atoms with Crippen LogP contribution in [0.25, 0.3) is 0 Å². The van der Waals surface area contributed by atoms with E-state index in [-0.39, 0.29) is 11.4 Å². The number of esters is 1.